The van der Waals surface area contributed by atoms with Gasteiger partial charge in [0.05, 0.1) is 26.0 Å². The summed E-state index contributed by atoms with van der Waals surface area (Å²) in [6.45, 7) is 6.70. The number of hydrogen-bond acceptors (Lipinski definition) is 5. The van der Waals surface area contributed by atoms with Crippen molar-refractivity contribution >= 4 is 12.1 Å². The predicted molar refractivity (Wildman–Crippen MR) is 111 cm³/mol. The van der Waals surface area contributed by atoms with Gasteiger partial charge in [0.1, 0.15) is 5.75 Å². The molecule has 0 aliphatic rings. The normalized spacial score (nSPS) is 10.9. The summed E-state index contributed by atoms with van der Waals surface area (Å²) < 4.78 is 16.6. The van der Waals surface area contributed by atoms with Crippen molar-refractivity contribution in [1.29, 1.82) is 0 Å². The van der Waals surface area contributed by atoms with E-state index in [0.29, 0.717) is 23.7 Å². The summed E-state index contributed by atoms with van der Waals surface area (Å²) in [5, 5.41) is 4.01. The zero-order chi connectivity index (χ0) is 20.4. The Kier molecular flexibility index (Phi) is 8.34. The molecule has 2 aromatic carbocycles. The monoisotopic (exact) mass is 384 g/mol. The first-order chi connectivity index (χ1) is 13.5. The van der Waals surface area contributed by atoms with Crippen LogP contribution in [0.5, 0.6) is 17.2 Å². The molecule has 0 spiro atoms. The van der Waals surface area contributed by atoms with Crippen LogP contribution in [0.25, 0.3) is 0 Å². The van der Waals surface area contributed by atoms with Crippen LogP contribution in [0.2, 0.25) is 0 Å². The number of methoxy groups -OCH3 is 1. The highest BCUT2D eigenvalue weighted by Gasteiger charge is 2.11. The van der Waals surface area contributed by atoms with E-state index in [0.717, 1.165) is 24.2 Å². The minimum atomic E-state index is -0.329. The van der Waals surface area contributed by atoms with Crippen LogP contribution >= 0.6 is 0 Å². The molecule has 0 saturated heterocycles. The lowest BCUT2D eigenvalue weighted by Gasteiger charge is -2.14. The van der Waals surface area contributed by atoms with Crippen molar-refractivity contribution in [3.63, 3.8) is 0 Å². The van der Waals surface area contributed by atoms with Crippen LogP contribution in [0.15, 0.2) is 47.6 Å². The van der Waals surface area contributed by atoms with E-state index in [1.807, 2.05) is 38.1 Å². The fraction of sp³-hybridized carbons (Fsp3) is 0.364. The Morgan fingerprint density at radius 1 is 1.14 bits per heavy atom. The molecule has 1 N–H and O–H groups in total. The molecule has 0 unspecified atom stereocenters. The van der Waals surface area contributed by atoms with Gasteiger partial charge in [-0.15, -0.1) is 0 Å². The molecule has 0 aliphatic carbocycles. The first-order valence-corrected chi connectivity index (χ1v) is 9.44. The number of carbonyl (C=O) groups excluding carboxylic acids is 1. The second-order valence-electron chi connectivity index (χ2n) is 6.50. The van der Waals surface area contributed by atoms with Gasteiger partial charge in [-0.05, 0) is 68.3 Å². The van der Waals surface area contributed by atoms with Crippen molar-refractivity contribution in [3.05, 3.63) is 53.6 Å². The van der Waals surface area contributed by atoms with E-state index < -0.39 is 0 Å². The van der Waals surface area contributed by atoms with Gasteiger partial charge >= 0.3 is 0 Å². The highest BCUT2D eigenvalue weighted by molar-refractivity contribution is 5.95. The maximum Gasteiger partial charge on any atom is 0.271 e. The quantitative estimate of drug-likeness (QED) is 0.374. The van der Waals surface area contributed by atoms with Crippen LogP contribution in [0.1, 0.15) is 49.5 Å². The summed E-state index contributed by atoms with van der Waals surface area (Å²) in [6.07, 6.45) is 3.73. The Hall–Kier alpha value is -3.02. The van der Waals surface area contributed by atoms with Crippen molar-refractivity contribution in [2.45, 2.75) is 39.7 Å². The molecule has 0 atom stereocenters. The van der Waals surface area contributed by atoms with E-state index >= 15 is 0 Å². The molecule has 6 nitrogen and oxygen atoms in total. The standard InChI is InChI=1S/C22H28N2O4/c1-5-6-13-27-19-10-7-17(8-11-19)15-23-24-22(25)18-9-12-20(28-16(2)3)21(14-18)26-4/h7-12,14-16H,5-6,13H2,1-4H3,(H,24,25)/b23-15+. The fourth-order valence-corrected chi connectivity index (χ4v) is 2.37. The van der Waals surface area contributed by atoms with Gasteiger partial charge in [-0.2, -0.15) is 5.10 Å². The van der Waals surface area contributed by atoms with Crippen molar-refractivity contribution in [2.24, 2.45) is 5.10 Å². The Morgan fingerprint density at radius 3 is 2.54 bits per heavy atom. The lowest BCUT2D eigenvalue weighted by molar-refractivity contribution is 0.0954. The Balaban J connectivity index is 1.94. The SMILES string of the molecule is CCCCOc1ccc(/C=N/NC(=O)c2ccc(OC(C)C)c(OC)c2)cc1. The number of nitrogens with zero attached hydrogens (tertiary/aromatic N) is 1. The van der Waals surface area contributed by atoms with Gasteiger partial charge in [0.25, 0.3) is 5.91 Å². The zero-order valence-electron chi connectivity index (χ0n) is 16.9. The maximum atomic E-state index is 12.3. The maximum absolute atomic E-state index is 12.3. The van der Waals surface area contributed by atoms with Crippen LogP contribution in [-0.2, 0) is 0 Å². The van der Waals surface area contributed by atoms with Crippen LogP contribution in [-0.4, -0.2) is 31.9 Å². The van der Waals surface area contributed by atoms with Gasteiger partial charge < -0.3 is 14.2 Å². The third-order valence-electron chi connectivity index (χ3n) is 3.81. The molecule has 0 aromatic heterocycles. The number of rotatable bonds is 10. The summed E-state index contributed by atoms with van der Waals surface area (Å²) >= 11 is 0. The van der Waals surface area contributed by atoms with Crippen molar-refractivity contribution in [3.8, 4) is 17.2 Å². The Bertz CT molecular complexity index is 786. The molecule has 0 fully saturated rings. The molecule has 1 amide bonds. The average Bonchev–Trinajstić information content (AvgIpc) is 2.69. The number of carbonyl (C=O) groups is 1. The number of ether oxygens (including phenoxy) is 3. The summed E-state index contributed by atoms with van der Waals surface area (Å²) in [7, 11) is 1.54. The van der Waals surface area contributed by atoms with Gasteiger partial charge in [0, 0.05) is 5.56 Å². The molecular weight excluding hydrogens is 356 g/mol. The summed E-state index contributed by atoms with van der Waals surface area (Å²) in [5.41, 5.74) is 3.82. The van der Waals surface area contributed by atoms with E-state index in [1.165, 1.54) is 7.11 Å². The predicted octanol–water partition coefficient (Wildman–Crippen LogP) is 4.43. The van der Waals surface area contributed by atoms with E-state index in [-0.39, 0.29) is 12.0 Å². The number of unbranched alkanes of at least 4 members (excludes halogenated alkanes) is 1. The van der Waals surface area contributed by atoms with Crippen LogP contribution in [0, 0.1) is 0 Å². The third kappa shape index (κ3) is 6.61. The second-order valence-corrected chi connectivity index (χ2v) is 6.50. The molecule has 28 heavy (non-hydrogen) atoms. The molecule has 0 saturated carbocycles. The van der Waals surface area contributed by atoms with Crippen LogP contribution in [0.3, 0.4) is 0 Å². The first-order valence-electron chi connectivity index (χ1n) is 9.44. The number of hydrogen-bond donors (Lipinski definition) is 1. The minimum absolute atomic E-state index is 0.0154. The molecule has 0 aliphatic heterocycles. The Labute approximate surface area is 166 Å². The lowest BCUT2D eigenvalue weighted by atomic mass is 10.2. The summed E-state index contributed by atoms with van der Waals surface area (Å²) in [6, 6.07) is 12.6. The van der Waals surface area contributed by atoms with Gasteiger partial charge in [-0.25, -0.2) is 5.43 Å². The minimum Gasteiger partial charge on any atom is -0.494 e. The molecule has 6 heteroatoms. The van der Waals surface area contributed by atoms with Crippen molar-refractivity contribution in [2.75, 3.05) is 13.7 Å². The van der Waals surface area contributed by atoms with Crippen molar-refractivity contribution in [1.82, 2.24) is 5.43 Å². The number of benzene rings is 2. The van der Waals surface area contributed by atoms with E-state index in [9.17, 15) is 4.79 Å². The van der Waals surface area contributed by atoms with Gasteiger partial charge in [-0.3, -0.25) is 4.79 Å². The number of hydrazone groups is 1. The molecule has 2 aromatic rings. The largest absolute Gasteiger partial charge is 0.494 e. The van der Waals surface area contributed by atoms with E-state index in [1.54, 1.807) is 24.4 Å². The van der Waals surface area contributed by atoms with E-state index in [2.05, 4.69) is 17.5 Å². The highest BCUT2D eigenvalue weighted by atomic mass is 16.5. The summed E-state index contributed by atoms with van der Waals surface area (Å²) in [4.78, 5) is 12.3. The molecular formula is C22H28N2O4. The molecule has 0 bridgehead atoms. The van der Waals surface area contributed by atoms with Crippen LogP contribution in [0.4, 0.5) is 0 Å². The average molecular weight is 384 g/mol. The highest BCUT2D eigenvalue weighted by Crippen LogP contribution is 2.28. The van der Waals surface area contributed by atoms with Gasteiger partial charge in [-0.1, -0.05) is 13.3 Å². The first kappa shape index (κ1) is 21.3. The fourth-order valence-electron chi connectivity index (χ4n) is 2.37. The van der Waals surface area contributed by atoms with Crippen LogP contribution < -0.4 is 19.6 Å². The third-order valence-corrected chi connectivity index (χ3v) is 3.81. The number of amides is 1. The molecule has 2 rings (SSSR count). The van der Waals surface area contributed by atoms with Gasteiger partial charge in [0.15, 0.2) is 11.5 Å². The zero-order valence-corrected chi connectivity index (χ0v) is 16.9. The number of nitrogens with one attached hydrogen (secondary N) is 1. The van der Waals surface area contributed by atoms with Gasteiger partial charge in [0.2, 0.25) is 0 Å². The molecule has 150 valence electrons. The molecule has 0 radical (unpaired) electrons. The smallest absolute Gasteiger partial charge is 0.271 e. The summed E-state index contributed by atoms with van der Waals surface area (Å²) in [5.74, 6) is 1.60. The topological polar surface area (TPSA) is 69.2 Å². The lowest BCUT2D eigenvalue weighted by Crippen LogP contribution is -2.18. The van der Waals surface area contributed by atoms with E-state index in [4.69, 9.17) is 14.2 Å². The van der Waals surface area contributed by atoms with Crippen molar-refractivity contribution < 1.29 is 19.0 Å². The molecule has 0 heterocycles. The second kappa shape index (κ2) is 11.0. The Morgan fingerprint density at radius 2 is 1.89 bits per heavy atom.